The normalized spacial score (nSPS) is 34.9. The van der Waals surface area contributed by atoms with Gasteiger partial charge in [-0.25, -0.2) is 33.8 Å². The molecule has 0 amide bonds. The minimum absolute atomic E-state index is 0.0211. The molecule has 11 unspecified atom stereocenters. The fourth-order valence-electron chi connectivity index (χ4n) is 14.0. The number of ether oxygens (including phenoxy) is 2. The Morgan fingerprint density at radius 2 is 1.37 bits per heavy atom. The van der Waals surface area contributed by atoms with Crippen LogP contribution in [0, 0.1) is 63.6 Å². The quantitative estimate of drug-likeness (QED) is 0.0959. The Labute approximate surface area is 336 Å². The van der Waals surface area contributed by atoms with Crippen LogP contribution in [-0.4, -0.2) is 35.2 Å². The highest BCUT2D eigenvalue weighted by molar-refractivity contribution is 6.15. The first-order valence-electron chi connectivity index (χ1n) is 21.5. The van der Waals surface area contributed by atoms with Crippen molar-refractivity contribution < 1.29 is 48.6 Å². The molecule has 4 fully saturated rings. The van der Waals surface area contributed by atoms with Gasteiger partial charge in [0.1, 0.15) is 12.7 Å². The fraction of sp³-hybridized carbons (Fsp3) is 0.660. The first-order valence-corrected chi connectivity index (χ1v) is 21.5. The Morgan fingerprint density at radius 1 is 0.737 bits per heavy atom. The van der Waals surface area contributed by atoms with Crippen molar-refractivity contribution in [3.05, 3.63) is 69.8 Å². The van der Waals surface area contributed by atoms with E-state index >= 15 is 0 Å². The Morgan fingerprint density at radius 3 is 2.05 bits per heavy atom. The number of carbonyl (C=O) groups excluding carboxylic acids is 4. The number of rotatable bonds is 12. The van der Waals surface area contributed by atoms with Gasteiger partial charge in [0.15, 0.2) is 0 Å². The van der Waals surface area contributed by atoms with Gasteiger partial charge < -0.3 is 9.47 Å². The molecule has 0 saturated heterocycles. The van der Waals surface area contributed by atoms with Crippen LogP contribution in [0.3, 0.4) is 0 Å². The molecule has 11 atom stereocenters. The summed E-state index contributed by atoms with van der Waals surface area (Å²) in [5.74, 6) is 0.929. The monoisotopic (exact) mass is 784 g/mol. The lowest BCUT2D eigenvalue weighted by Gasteiger charge is -2.67. The van der Waals surface area contributed by atoms with Gasteiger partial charge in [-0.1, -0.05) is 79.9 Å². The lowest BCUT2D eigenvalue weighted by molar-refractivity contribution is -0.381. The first-order chi connectivity index (χ1) is 27.1. The Kier molecular flexibility index (Phi) is 10.6. The summed E-state index contributed by atoms with van der Waals surface area (Å²) in [6.07, 6.45) is 10.3. The smallest absolute Gasteiger partial charge is 0.346 e. The van der Waals surface area contributed by atoms with Crippen LogP contribution >= 0.6 is 0 Å². The van der Waals surface area contributed by atoms with E-state index in [1.165, 1.54) is 44.9 Å². The van der Waals surface area contributed by atoms with Gasteiger partial charge >= 0.3 is 23.9 Å². The molecule has 2 aromatic carbocycles. The van der Waals surface area contributed by atoms with E-state index in [9.17, 15) is 24.4 Å². The maximum absolute atomic E-state index is 12.6. The van der Waals surface area contributed by atoms with Crippen molar-refractivity contribution in [2.24, 2.45) is 63.6 Å². The number of fused-ring (bicyclic) bond motifs is 7. The van der Waals surface area contributed by atoms with E-state index in [4.69, 9.17) is 24.1 Å². The van der Waals surface area contributed by atoms with Gasteiger partial charge in [-0.2, -0.15) is 0 Å². The second-order valence-electron chi connectivity index (χ2n) is 20.1. The van der Waals surface area contributed by atoms with E-state index < -0.39 is 35.4 Å². The third-order valence-electron chi connectivity index (χ3n) is 16.4. The molecule has 10 nitrogen and oxygen atoms in total. The van der Waals surface area contributed by atoms with E-state index in [0.717, 1.165) is 25.2 Å². The molecule has 1 N–H and O–H groups in total. The summed E-state index contributed by atoms with van der Waals surface area (Å²) < 4.78 is 9.68. The summed E-state index contributed by atoms with van der Waals surface area (Å²) in [7, 11) is 0. The molecule has 4 aliphatic carbocycles. The van der Waals surface area contributed by atoms with Crippen LogP contribution in [0.15, 0.2) is 36.4 Å². The van der Waals surface area contributed by atoms with Crippen LogP contribution in [0.2, 0.25) is 0 Å². The SMILES string of the molecule is CC(C)CCCC(C)C1CCC2C3CC(OOCc4ccc5c(c4)C(=O)OC5=O)C4C(C)(C)C(C(OO)c5ccc6c(c5)C(=O)OC6=O)CCC4(C)C3CCC12C. The van der Waals surface area contributed by atoms with E-state index in [1.54, 1.807) is 36.4 Å². The van der Waals surface area contributed by atoms with Gasteiger partial charge in [0, 0.05) is 0 Å². The Bertz CT molecular complexity index is 1930. The summed E-state index contributed by atoms with van der Waals surface area (Å²) in [6, 6.07) is 9.97. The largest absolute Gasteiger partial charge is 0.386 e. The second kappa shape index (κ2) is 15.0. The number of cyclic esters (lactones) is 4. The third kappa shape index (κ3) is 6.70. The zero-order chi connectivity index (χ0) is 40.6. The molecular formula is C47H60O10. The summed E-state index contributed by atoms with van der Waals surface area (Å²) in [6.45, 7) is 16.8. The van der Waals surface area contributed by atoms with Crippen molar-refractivity contribution in [3.8, 4) is 0 Å². The van der Waals surface area contributed by atoms with Crippen LogP contribution < -0.4 is 0 Å². The topological polar surface area (TPSA) is 135 Å². The second-order valence-corrected chi connectivity index (χ2v) is 20.1. The summed E-state index contributed by atoms with van der Waals surface area (Å²) in [4.78, 5) is 67.4. The zero-order valence-electron chi connectivity index (χ0n) is 34.6. The molecule has 2 heterocycles. The summed E-state index contributed by atoms with van der Waals surface area (Å²) in [5, 5.41) is 10.6. The number of benzene rings is 2. The lowest BCUT2D eigenvalue weighted by Crippen LogP contribution is -2.63. The van der Waals surface area contributed by atoms with Gasteiger partial charge in [0.05, 0.1) is 28.4 Å². The van der Waals surface area contributed by atoms with E-state index in [2.05, 4.69) is 48.5 Å². The highest BCUT2D eigenvalue weighted by Crippen LogP contribution is 2.72. The fourth-order valence-corrected chi connectivity index (χ4v) is 14.0. The highest BCUT2D eigenvalue weighted by atomic mass is 17.2. The predicted octanol–water partition coefficient (Wildman–Crippen LogP) is 10.3. The molecule has 0 bridgehead atoms. The van der Waals surface area contributed by atoms with Crippen LogP contribution in [-0.2, 0) is 30.7 Å². The molecule has 8 rings (SSSR count). The van der Waals surface area contributed by atoms with Crippen LogP contribution in [0.5, 0.6) is 0 Å². The van der Waals surface area contributed by atoms with Crippen molar-refractivity contribution in [1.29, 1.82) is 0 Å². The number of hydrogen-bond donors (Lipinski definition) is 1. The van der Waals surface area contributed by atoms with Crippen molar-refractivity contribution in [2.75, 3.05) is 0 Å². The Hall–Kier alpha value is -3.44. The number of esters is 4. The molecule has 0 aromatic heterocycles. The molecule has 6 aliphatic rings. The molecule has 2 aromatic rings. The molecule has 0 radical (unpaired) electrons. The molecule has 10 heteroatoms. The van der Waals surface area contributed by atoms with E-state index in [-0.39, 0.29) is 57.6 Å². The number of carbonyl (C=O) groups is 4. The maximum Gasteiger partial charge on any atom is 0.346 e. The van der Waals surface area contributed by atoms with Crippen LogP contribution in [0.25, 0.3) is 0 Å². The molecule has 308 valence electrons. The predicted molar refractivity (Wildman–Crippen MR) is 210 cm³/mol. The van der Waals surface area contributed by atoms with Crippen molar-refractivity contribution in [3.63, 3.8) is 0 Å². The lowest BCUT2D eigenvalue weighted by atomic mass is 9.39. The third-order valence-corrected chi connectivity index (χ3v) is 16.4. The maximum atomic E-state index is 12.6. The van der Waals surface area contributed by atoms with Crippen molar-refractivity contribution >= 4 is 23.9 Å². The minimum Gasteiger partial charge on any atom is -0.386 e. The van der Waals surface area contributed by atoms with Gasteiger partial charge in [0.25, 0.3) is 0 Å². The Balaban J connectivity index is 1.09. The van der Waals surface area contributed by atoms with Gasteiger partial charge in [-0.05, 0) is 144 Å². The van der Waals surface area contributed by atoms with Gasteiger partial charge in [-0.3, -0.25) is 5.26 Å². The van der Waals surface area contributed by atoms with Crippen molar-refractivity contribution in [1.82, 2.24) is 0 Å². The van der Waals surface area contributed by atoms with E-state index in [1.807, 2.05) is 0 Å². The molecule has 4 saturated carbocycles. The number of hydrogen-bond acceptors (Lipinski definition) is 10. The van der Waals surface area contributed by atoms with Crippen molar-refractivity contribution in [2.45, 2.75) is 131 Å². The molecule has 57 heavy (non-hydrogen) atoms. The minimum atomic E-state index is -0.756. The molecule has 2 aliphatic heterocycles. The summed E-state index contributed by atoms with van der Waals surface area (Å²) in [5.41, 5.74) is 1.97. The van der Waals surface area contributed by atoms with Crippen LogP contribution in [0.4, 0.5) is 0 Å². The summed E-state index contributed by atoms with van der Waals surface area (Å²) >= 11 is 0. The van der Waals surface area contributed by atoms with Crippen LogP contribution in [0.1, 0.15) is 171 Å². The highest BCUT2D eigenvalue weighted by Gasteiger charge is 2.67. The first kappa shape index (κ1) is 40.3. The van der Waals surface area contributed by atoms with Gasteiger partial charge in [0.2, 0.25) is 0 Å². The zero-order valence-corrected chi connectivity index (χ0v) is 34.6. The molecular weight excluding hydrogens is 725 g/mol. The average Bonchev–Trinajstić information content (AvgIpc) is 3.77. The molecule has 0 spiro atoms. The average molecular weight is 785 g/mol. The van der Waals surface area contributed by atoms with Gasteiger partial charge in [-0.15, -0.1) is 0 Å². The van der Waals surface area contributed by atoms with E-state index in [0.29, 0.717) is 40.7 Å². The standard InChI is InChI=1S/C47H60O10/c1-25(2)9-8-10-26(3)34-15-16-35-33-23-38(57-53-24-27-11-13-29-31(21-27)43(50)54-41(29)48)40-45(4,5)37(18-20-47(40,7)36(33)17-19-46(34,35)6)39(56-52)28-12-14-30-32(22-28)44(51)55-42(30)49/h11-14,21-22,25-26,33-40,52H,8-10,15-20,23-24H2,1-7H3.